The second-order valence-electron chi connectivity index (χ2n) is 12.2. The van der Waals surface area contributed by atoms with Crippen LogP contribution in [0.25, 0.3) is 22.3 Å². The molecule has 1 aliphatic heterocycles. The average Bonchev–Trinajstić information content (AvgIpc) is 3.50. The van der Waals surface area contributed by atoms with Crippen molar-refractivity contribution in [3.63, 3.8) is 0 Å². The van der Waals surface area contributed by atoms with Gasteiger partial charge in [0.1, 0.15) is 11.5 Å². The average molecular weight is 551 g/mol. The maximum atomic E-state index is 13.8. The van der Waals surface area contributed by atoms with Gasteiger partial charge in [0.2, 0.25) is 0 Å². The first-order valence-corrected chi connectivity index (χ1v) is 15.9. The molecule has 1 heterocycles. The number of rotatable bonds is 4. The summed E-state index contributed by atoms with van der Waals surface area (Å²) < 4.78 is 26.0. The standard InChI is InChI=1S/C35H35O4P/c1-21(2)23-5-9-25(10-6-23)29-15-13-27-17-19-35-20-18-28-14-16-30(26-11-7-24(8-12-26)22(3)4)34(32(28)35)39-40(36,37)38-33(29)31(27)35/h5-16,21-22H,17-20H2,1-4H3,(H,36,37). The molecular formula is C35H35O4P. The van der Waals surface area contributed by atoms with Crippen LogP contribution in [0.15, 0.2) is 72.8 Å². The minimum atomic E-state index is -4.51. The largest absolute Gasteiger partial charge is 0.584 e. The minimum Gasteiger partial charge on any atom is -0.394 e. The second-order valence-corrected chi connectivity index (χ2v) is 13.5. The highest BCUT2D eigenvalue weighted by Crippen LogP contribution is 2.65. The molecular weight excluding hydrogens is 515 g/mol. The van der Waals surface area contributed by atoms with Crippen LogP contribution in [-0.4, -0.2) is 4.89 Å². The highest BCUT2D eigenvalue weighted by Gasteiger charge is 2.52. The third kappa shape index (κ3) is 3.88. The van der Waals surface area contributed by atoms with Crippen molar-refractivity contribution in [3.8, 4) is 33.8 Å². The van der Waals surface area contributed by atoms with Crippen molar-refractivity contribution in [1.29, 1.82) is 0 Å². The predicted octanol–water partition coefficient (Wildman–Crippen LogP) is 9.32. The summed E-state index contributed by atoms with van der Waals surface area (Å²) in [6.45, 7) is 8.71. The van der Waals surface area contributed by atoms with Crippen molar-refractivity contribution in [1.82, 2.24) is 0 Å². The zero-order valence-electron chi connectivity index (χ0n) is 23.5. The molecule has 0 fully saturated rings. The van der Waals surface area contributed by atoms with Crippen LogP contribution in [0.2, 0.25) is 0 Å². The molecule has 0 unspecified atom stereocenters. The monoisotopic (exact) mass is 550 g/mol. The van der Waals surface area contributed by atoms with Gasteiger partial charge in [-0.05, 0) is 70.9 Å². The van der Waals surface area contributed by atoms with Gasteiger partial charge >= 0.3 is 7.82 Å². The summed E-state index contributed by atoms with van der Waals surface area (Å²) in [6.07, 6.45) is 3.67. The van der Waals surface area contributed by atoms with Crippen molar-refractivity contribution in [2.45, 2.75) is 70.6 Å². The molecule has 0 aromatic heterocycles. The summed E-state index contributed by atoms with van der Waals surface area (Å²) >= 11 is 0. The number of phosphoric acid groups is 1. The van der Waals surface area contributed by atoms with E-state index in [2.05, 4.69) is 88.4 Å². The zero-order chi connectivity index (χ0) is 27.8. The van der Waals surface area contributed by atoms with Crippen LogP contribution in [0.1, 0.15) is 85.8 Å². The van der Waals surface area contributed by atoms with E-state index in [1.807, 2.05) is 12.1 Å². The Balaban J connectivity index is 1.46. The van der Waals surface area contributed by atoms with Crippen molar-refractivity contribution in [2.75, 3.05) is 0 Å². The smallest absolute Gasteiger partial charge is 0.394 e. The Morgan fingerprint density at radius 3 is 1.43 bits per heavy atom. The molecule has 4 aromatic carbocycles. The molecule has 1 N–H and O–H groups in total. The Kier molecular flexibility index (Phi) is 5.82. The highest BCUT2D eigenvalue weighted by molar-refractivity contribution is 7.48. The van der Waals surface area contributed by atoms with Gasteiger partial charge in [0, 0.05) is 27.7 Å². The molecule has 0 bridgehead atoms. The van der Waals surface area contributed by atoms with E-state index in [1.165, 1.54) is 22.3 Å². The van der Waals surface area contributed by atoms with Crippen molar-refractivity contribution >= 4 is 7.82 Å². The van der Waals surface area contributed by atoms with E-state index in [0.29, 0.717) is 23.3 Å². The Labute approximate surface area is 236 Å². The Morgan fingerprint density at radius 1 is 0.650 bits per heavy atom. The first-order chi connectivity index (χ1) is 19.2. The molecule has 204 valence electrons. The predicted molar refractivity (Wildman–Crippen MR) is 160 cm³/mol. The van der Waals surface area contributed by atoms with Gasteiger partial charge in [-0.25, -0.2) is 4.57 Å². The number of hydrogen-bond donors (Lipinski definition) is 1. The molecule has 4 nitrogen and oxygen atoms in total. The van der Waals surface area contributed by atoms with Gasteiger partial charge in [0.15, 0.2) is 0 Å². The second kappa shape index (κ2) is 9.09. The molecule has 4 aromatic rings. The first-order valence-electron chi connectivity index (χ1n) is 14.4. The normalized spacial score (nSPS) is 17.6. The molecule has 5 heteroatoms. The van der Waals surface area contributed by atoms with Gasteiger partial charge in [0.25, 0.3) is 0 Å². The summed E-state index contributed by atoms with van der Waals surface area (Å²) in [6, 6.07) is 25.4. The van der Waals surface area contributed by atoms with E-state index >= 15 is 0 Å². The lowest BCUT2D eigenvalue weighted by molar-refractivity contribution is 0.281. The topological polar surface area (TPSA) is 55.8 Å². The Bertz CT molecular complexity index is 1560. The summed E-state index contributed by atoms with van der Waals surface area (Å²) in [5.74, 6) is 1.86. The SMILES string of the molecule is CC(C)c1ccc(-c2ccc3c4c2OP(=O)(O)Oc2c(-c5ccc(C(C)C)cc5)ccc5c2C4(CC3)CC5)cc1. The highest BCUT2D eigenvalue weighted by atomic mass is 31.2. The maximum Gasteiger partial charge on any atom is 0.584 e. The third-order valence-electron chi connectivity index (χ3n) is 9.28. The summed E-state index contributed by atoms with van der Waals surface area (Å²) in [4.78, 5) is 11.3. The van der Waals surface area contributed by atoms with E-state index in [-0.39, 0.29) is 5.41 Å². The van der Waals surface area contributed by atoms with Gasteiger partial charge in [0.05, 0.1) is 0 Å². The molecule has 7 rings (SSSR count). The number of benzene rings is 4. The number of aryl methyl sites for hydroxylation is 2. The van der Waals surface area contributed by atoms with Crippen LogP contribution in [-0.2, 0) is 22.8 Å². The van der Waals surface area contributed by atoms with Gasteiger partial charge in [-0.15, -0.1) is 0 Å². The van der Waals surface area contributed by atoms with Gasteiger partial charge in [-0.3, -0.25) is 4.89 Å². The van der Waals surface area contributed by atoms with E-state index in [1.54, 1.807) is 0 Å². The lowest BCUT2D eigenvalue weighted by Gasteiger charge is -2.34. The van der Waals surface area contributed by atoms with E-state index < -0.39 is 7.82 Å². The Morgan fingerprint density at radius 2 is 1.05 bits per heavy atom. The van der Waals surface area contributed by atoms with Gasteiger partial charge < -0.3 is 9.05 Å². The van der Waals surface area contributed by atoms with Crippen molar-refractivity contribution in [3.05, 3.63) is 106 Å². The van der Waals surface area contributed by atoms with Crippen LogP contribution < -0.4 is 9.05 Å². The molecule has 1 spiro atoms. The van der Waals surface area contributed by atoms with E-state index in [0.717, 1.165) is 59.1 Å². The van der Waals surface area contributed by atoms with Crippen molar-refractivity contribution in [2.24, 2.45) is 0 Å². The molecule has 0 saturated heterocycles. The molecule has 0 amide bonds. The van der Waals surface area contributed by atoms with Crippen molar-refractivity contribution < 1.29 is 18.5 Å². The molecule has 3 aliphatic rings. The van der Waals surface area contributed by atoms with Crippen LogP contribution >= 0.6 is 7.82 Å². The first kappa shape index (κ1) is 25.6. The fraction of sp³-hybridized carbons (Fsp3) is 0.314. The van der Waals surface area contributed by atoms with Crippen LogP contribution in [0.5, 0.6) is 11.5 Å². The van der Waals surface area contributed by atoms with Crippen LogP contribution in [0.3, 0.4) is 0 Å². The minimum absolute atomic E-state index is 0.308. The van der Waals surface area contributed by atoms with Crippen LogP contribution in [0.4, 0.5) is 0 Å². The fourth-order valence-corrected chi connectivity index (χ4v) is 8.03. The van der Waals surface area contributed by atoms with E-state index in [9.17, 15) is 9.46 Å². The number of hydrogen-bond acceptors (Lipinski definition) is 3. The van der Waals surface area contributed by atoms with E-state index in [4.69, 9.17) is 9.05 Å². The van der Waals surface area contributed by atoms with Gasteiger partial charge in [-0.2, -0.15) is 0 Å². The molecule has 40 heavy (non-hydrogen) atoms. The zero-order valence-corrected chi connectivity index (χ0v) is 24.4. The molecule has 0 atom stereocenters. The molecule has 0 saturated carbocycles. The summed E-state index contributed by atoms with van der Waals surface area (Å²) in [5.41, 5.74) is 10.4. The number of phosphoric ester groups is 1. The lowest BCUT2D eigenvalue weighted by atomic mass is 9.74. The quantitative estimate of drug-likeness (QED) is 0.257. The lowest BCUT2D eigenvalue weighted by Crippen LogP contribution is -2.25. The molecule has 2 aliphatic carbocycles. The summed E-state index contributed by atoms with van der Waals surface area (Å²) in [7, 11) is -4.51. The molecule has 0 radical (unpaired) electrons. The third-order valence-corrected chi connectivity index (χ3v) is 10.1. The Hall–Kier alpha value is -3.33. The van der Waals surface area contributed by atoms with Gasteiger partial charge in [-0.1, -0.05) is 100 Å². The van der Waals surface area contributed by atoms with Crippen LogP contribution in [0, 0.1) is 0 Å². The fourth-order valence-electron chi connectivity index (χ4n) is 7.15. The summed E-state index contributed by atoms with van der Waals surface area (Å²) in [5, 5.41) is 0. The maximum absolute atomic E-state index is 13.8.